The number of aliphatic carboxylic acids is 1. The smallest absolute Gasteiger partial charge is 0.303 e. The Morgan fingerprint density at radius 1 is 1.33 bits per heavy atom. The van der Waals surface area contributed by atoms with Gasteiger partial charge in [0.25, 0.3) is 0 Å². The van der Waals surface area contributed by atoms with Gasteiger partial charge in [0.15, 0.2) is 0 Å². The van der Waals surface area contributed by atoms with Crippen LogP contribution in [-0.4, -0.2) is 23.0 Å². The highest BCUT2D eigenvalue weighted by molar-refractivity contribution is 5.92. The van der Waals surface area contributed by atoms with E-state index in [1.54, 1.807) is 6.08 Å². The molecule has 0 spiro atoms. The van der Waals surface area contributed by atoms with Crippen molar-refractivity contribution in [3.05, 3.63) is 41.0 Å². The van der Waals surface area contributed by atoms with E-state index in [4.69, 9.17) is 5.11 Å². The van der Waals surface area contributed by atoms with Crippen molar-refractivity contribution in [3.8, 4) is 0 Å². The quantitative estimate of drug-likeness (QED) is 0.758. The molecule has 114 valence electrons. The predicted octanol–water partition coefficient (Wildman–Crippen LogP) is 3.08. The van der Waals surface area contributed by atoms with E-state index < -0.39 is 5.97 Å². The number of benzene rings is 1. The van der Waals surface area contributed by atoms with Crippen molar-refractivity contribution in [3.63, 3.8) is 0 Å². The molecule has 1 atom stereocenters. The molecule has 0 fully saturated rings. The number of carboxylic acids is 1. The Balaban J connectivity index is 2.45. The molecule has 0 aliphatic carbocycles. The lowest BCUT2D eigenvalue weighted by atomic mass is 10.1. The van der Waals surface area contributed by atoms with Crippen LogP contribution in [0, 0.1) is 13.8 Å². The fraction of sp³-hybridized carbons (Fsp3) is 0.412. The van der Waals surface area contributed by atoms with E-state index in [0.29, 0.717) is 12.8 Å². The molecular weight excluding hydrogens is 266 g/mol. The molecule has 0 saturated carbocycles. The van der Waals surface area contributed by atoms with Crippen LogP contribution < -0.4 is 5.32 Å². The lowest BCUT2D eigenvalue weighted by Crippen LogP contribution is -2.31. The van der Waals surface area contributed by atoms with E-state index in [1.165, 1.54) is 11.6 Å². The SMILES string of the molecule is Cc1ccc(/C=C/C(=O)NC(C)CCCC(=O)O)c(C)c1. The summed E-state index contributed by atoms with van der Waals surface area (Å²) in [6, 6.07) is 6.05. The second-order valence-corrected chi connectivity index (χ2v) is 5.39. The molecule has 0 bridgehead atoms. The summed E-state index contributed by atoms with van der Waals surface area (Å²) in [7, 11) is 0. The van der Waals surface area contributed by atoms with Crippen molar-refractivity contribution in [2.24, 2.45) is 0 Å². The molecule has 2 N–H and O–H groups in total. The predicted molar refractivity (Wildman–Crippen MR) is 84.0 cm³/mol. The lowest BCUT2D eigenvalue weighted by molar-refractivity contribution is -0.137. The van der Waals surface area contributed by atoms with Crippen molar-refractivity contribution in [2.75, 3.05) is 0 Å². The van der Waals surface area contributed by atoms with Gasteiger partial charge in [0.1, 0.15) is 0 Å². The van der Waals surface area contributed by atoms with E-state index >= 15 is 0 Å². The molecule has 0 aliphatic heterocycles. The van der Waals surface area contributed by atoms with Gasteiger partial charge in [-0.25, -0.2) is 0 Å². The molecule has 1 aromatic rings. The summed E-state index contributed by atoms with van der Waals surface area (Å²) in [6.45, 7) is 5.93. The topological polar surface area (TPSA) is 66.4 Å². The average Bonchev–Trinajstić information content (AvgIpc) is 2.37. The Morgan fingerprint density at radius 3 is 2.67 bits per heavy atom. The van der Waals surface area contributed by atoms with Crippen LogP contribution in [0.1, 0.15) is 42.9 Å². The second kappa shape index (κ2) is 8.25. The minimum atomic E-state index is -0.803. The van der Waals surface area contributed by atoms with Crippen LogP contribution >= 0.6 is 0 Å². The third kappa shape index (κ3) is 6.75. The van der Waals surface area contributed by atoms with E-state index in [0.717, 1.165) is 11.1 Å². The maximum Gasteiger partial charge on any atom is 0.303 e. The number of aryl methyl sites for hydroxylation is 2. The molecule has 0 heterocycles. The Morgan fingerprint density at radius 2 is 2.05 bits per heavy atom. The van der Waals surface area contributed by atoms with Crippen molar-refractivity contribution >= 4 is 18.0 Å². The van der Waals surface area contributed by atoms with Crippen molar-refractivity contribution in [1.82, 2.24) is 5.32 Å². The number of carbonyl (C=O) groups is 2. The molecule has 21 heavy (non-hydrogen) atoms. The first-order valence-electron chi connectivity index (χ1n) is 7.16. The summed E-state index contributed by atoms with van der Waals surface area (Å²) in [6.07, 6.45) is 4.69. The van der Waals surface area contributed by atoms with Crippen molar-refractivity contribution in [1.29, 1.82) is 0 Å². The zero-order chi connectivity index (χ0) is 15.8. The summed E-state index contributed by atoms with van der Waals surface area (Å²) in [5, 5.41) is 11.4. The van der Waals surface area contributed by atoms with E-state index in [1.807, 2.05) is 32.9 Å². The highest BCUT2D eigenvalue weighted by Crippen LogP contribution is 2.12. The minimum Gasteiger partial charge on any atom is -0.481 e. The standard InChI is InChI=1S/C17H23NO3/c1-12-7-8-15(13(2)11-12)9-10-16(19)18-14(3)5-4-6-17(20)21/h7-11,14H,4-6H2,1-3H3,(H,18,19)(H,20,21)/b10-9+. The molecule has 0 saturated heterocycles. The first-order chi connectivity index (χ1) is 9.88. The van der Waals surface area contributed by atoms with E-state index in [2.05, 4.69) is 11.4 Å². The normalized spacial score (nSPS) is 12.3. The summed E-state index contributed by atoms with van der Waals surface area (Å²) >= 11 is 0. The van der Waals surface area contributed by atoms with Gasteiger partial charge < -0.3 is 10.4 Å². The number of rotatable bonds is 7. The summed E-state index contributed by atoms with van der Waals surface area (Å²) in [5.74, 6) is -0.957. The summed E-state index contributed by atoms with van der Waals surface area (Å²) < 4.78 is 0. The van der Waals surface area contributed by atoms with Crippen LogP contribution in [0.4, 0.5) is 0 Å². The van der Waals surface area contributed by atoms with E-state index in [-0.39, 0.29) is 18.4 Å². The third-order valence-corrected chi connectivity index (χ3v) is 3.26. The lowest BCUT2D eigenvalue weighted by Gasteiger charge is -2.11. The van der Waals surface area contributed by atoms with Gasteiger partial charge in [-0.2, -0.15) is 0 Å². The fourth-order valence-electron chi connectivity index (χ4n) is 2.10. The molecule has 0 aliphatic rings. The van der Waals surface area contributed by atoms with Gasteiger partial charge in [-0.05, 0) is 50.8 Å². The molecule has 4 heteroatoms. The zero-order valence-electron chi connectivity index (χ0n) is 12.8. The van der Waals surface area contributed by atoms with Crippen LogP contribution in [0.25, 0.3) is 6.08 Å². The van der Waals surface area contributed by atoms with Crippen LogP contribution in [-0.2, 0) is 9.59 Å². The Kier molecular flexibility index (Phi) is 6.66. The molecule has 0 radical (unpaired) electrons. The molecule has 0 aromatic heterocycles. The summed E-state index contributed by atoms with van der Waals surface area (Å²) in [5.41, 5.74) is 3.35. The molecule has 4 nitrogen and oxygen atoms in total. The number of carboxylic acid groups (broad SMARTS) is 1. The highest BCUT2D eigenvalue weighted by atomic mass is 16.4. The zero-order valence-corrected chi connectivity index (χ0v) is 12.8. The van der Waals surface area contributed by atoms with Crippen molar-refractivity contribution < 1.29 is 14.7 Å². The number of amides is 1. The summed E-state index contributed by atoms with van der Waals surface area (Å²) in [4.78, 5) is 22.2. The highest BCUT2D eigenvalue weighted by Gasteiger charge is 2.06. The third-order valence-electron chi connectivity index (χ3n) is 3.26. The Bertz CT molecular complexity index is 535. The largest absolute Gasteiger partial charge is 0.481 e. The van der Waals surface area contributed by atoms with Gasteiger partial charge in [-0.3, -0.25) is 9.59 Å². The van der Waals surface area contributed by atoms with Gasteiger partial charge in [0.05, 0.1) is 0 Å². The molecule has 1 amide bonds. The monoisotopic (exact) mass is 289 g/mol. The van der Waals surface area contributed by atoms with Gasteiger partial charge in [-0.15, -0.1) is 0 Å². The Labute approximate surface area is 125 Å². The molecule has 1 rings (SSSR count). The van der Waals surface area contributed by atoms with Crippen LogP contribution in [0.5, 0.6) is 0 Å². The van der Waals surface area contributed by atoms with Gasteiger partial charge in [0.2, 0.25) is 5.91 Å². The molecular formula is C17H23NO3. The van der Waals surface area contributed by atoms with E-state index in [9.17, 15) is 9.59 Å². The molecule has 1 unspecified atom stereocenters. The molecule has 1 aromatic carbocycles. The first kappa shape index (κ1) is 17.0. The number of hydrogen-bond donors (Lipinski definition) is 2. The second-order valence-electron chi connectivity index (χ2n) is 5.39. The average molecular weight is 289 g/mol. The Hall–Kier alpha value is -2.10. The number of nitrogens with one attached hydrogen (secondary N) is 1. The van der Waals surface area contributed by atoms with Crippen LogP contribution in [0.15, 0.2) is 24.3 Å². The van der Waals surface area contributed by atoms with Crippen molar-refractivity contribution in [2.45, 2.75) is 46.1 Å². The maximum atomic E-state index is 11.8. The first-order valence-corrected chi connectivity index (χ1v) is 7.16. The van der Waals surface area contributed by atoms with Crippen LogP contribution in [0.3, 0.4) is 0 Å². The number of hydrogen-bond acceptors (Lipinski definition) is 2. The van der Waals surface area contributed by atoms with Gasteiger partial charge in [0, 0.05) is 18.5 Å². The fourth-order valence-corrected chi connectivity index (χ4v) is 2.10. The van der Waals surface area contributed by atoms with Gasteiger partial charge in [-0.1, -0.05) is 23.8 Å². The number of carbonyl (C=O) groups excluding carboxylic acids is 1. The van der Waals surface area contributed by atoms with Crippen LogP contribution in [0.2, 0.25) is 0 Å². The minimum absolute atomic E-state index is 0.0272. The maximum absolute atomic E-state index is 11.8. The van der Waals surface area contributed by atoms with Gasteiger partial charge >= 0.3 is 5.97 Å².